The molecule has 2 aromatic rings. The molecule has 0 radical (unpaired) electrons. The fraction of sp³-hybridized carbons (Fsp3) is 0.533. The van der Waals surface area contributed by atoms with E-state index in [0.29, 0.717) is 12.6 Å². The Kier molecular flexibility index (Phi) is 4.53. The van der Waals surface area contributed by atoms with Crippen molar-refractivity contribution in [1.82, 2.24) is 25.0 Å². The van der Waals surface area contributed by atoms with Crippen LogP contribution in [0.15, 0.2) is 35.5 Å². The topological polar surface area (TPSA) is 76.2 Å². The van der Waals surface area contributed by atoms with E-state index in [9.17, 15) is 4.79 Å². The van der Waals surface area contributed by atoms with Crippen LogP contribution in [-0.4, -0.2) is 44.2 Å². The zero-order valence-corrected chi connectivity index (χ0v) is 12.7. The van der Waals surface area contributed by atoms with Crippen LogP contribution >= 0.6 is 0 Å². The van der Waals surface area contributed by atoms with Crippen molar-refractivity contribution in [3.8, 4) is 0 Å². The normalized spacial score (nSPS) is 20.1. The molecule has 0 saturated carbocycles. The van der Waals surface area contributed by atoms with Gasteiger partial charge in [0.05, 0.1) is 25.4 Å². The van der Waals surface area contributed by atoms with Gasteiger partial charge in [-0.25, -0.2) is 4.98 Å². The molecular formula is C15H21N5O2. The minimum Gasteiger partial charge on any atom is -0.467 e. The van der Waals surface area contributed by atoms with Gasteiger partial charge in [-0.15, -0.1) is 0 Å². The number of aromatic nitrogens is 3. The highest BCUT2D eigenvalue weighted by atomic mass is 16.3. The van der Waals surface area contributed by atoms with Gasteiger partial charge in [0.15, 0.2) is 0 Å². The van der Waals surface area contributed by atoms with Crippen molar-refractivity contribution in [3.63, 3.8) is 0 Å². The molecule has 2 aromatic heterocycles. The number of furan rings is 1. The summed E-state index contributed by atoms with van der Waals surface area (Å²) >= 11 is 0. The largest absolute Gasteiger partial charge is 0.467 e. The van der Waals surface area contributed by atoms with Gasteiger partial charge in [-0.05, 0) is 38.4 Å². The van der Waals surface area contributed by atoms with Crippen molar-refractivity contribution in [2.45, 2.75) is 44.9 Å². The SMILES string of the molecule is CC(C(=O)NCc1ccco1)N1CCCC1Cn1cncn1. The van der Waals surface area contributed by atoms with E-state index in [2.05, 4.69) is 20.3 Å². The Morgan fingerprint density at radius 3 is 3.23 bits per heavy atom. The predicted molar refractivity (Wildman–Crippen MR) is 79.8 cm³/mol. The molecule has 1 aliphatic rings. The summed E-state index contributed by atoms with van der Waals surface area (Å²) in [7, 11) is 0. The minimum atomic E-state index is -0.161. The summed E-state index contributed by atoms with van der Waals surface area (Å²) in [5, 5.41) is 7.09. The van der Waals surface area contributed by atoms with Crippen molar-refractivity contribution >= 4 is 5.91 Å². The van der Waals surface area contributed by atoms with Crippen molar-refractivity contribution < 1.29 is 9.21 Å². The number of hydrogen-bond acceptors (Lipinski definition) is 5. The molecule has 3 rings (SSSR count). The van der Waals surface area contributed by atoms with Gasteiger partial charge in [-0.1, -0.05) is 0 Å². The fourth-order valence-electron chi connectivity index (χ4n) is 2.99. The van der Waals surface area contributed by atoms with E-state index in [-0.39, 0.29) is 11.9 Å². The molecular weight excluding hydrogens is 282 g/mol. The highest BCUT2D eigenvalue weighted by Gasteiger charge is 2.32. The van der Waals surface area contributed by atoms with Crippen LogP contribution in [0.4, 0.5) is 0 Å². The summed E-state index contributed by atoms with van der Waals surface area (Å²) in [5.74, 6) is 0.794. The molecule has 1 amide bonds. The van der Waals surface area contributed by atoms with Crippen LogP contribution in [0.5, 0.6) is 0 Å². The lowest BCUT2D eigenvalue weighted by Crippen LogP contribution is -2.48. The molecule has 22 heavy (non-hydrogen) atoms. The maximum absolute atomic E-state index is 12.3. The monoisotopic (exact) mass is 303 g/mol. The lowest BCUT2D eigenvalue weighted by molar-refractivity contribution is -0.126. The zero-order valence-electron chi connectivity index (χ0n) is 12.7. The molecule has 2 atom stereocenters. The second kappa shape index (κ2) is 6.74. The van der Waals surface area contributed by atoms with Crippen molar-refractivity contribution in [2.75, 3.05) is 6.54 Å². The number of nitrogens with zero attached hydrogens (tertiary/aromatic N) is 4. The molecule has 1 aliphatic heterocycles. The average Bonchev–Trinajstić information content (AvgIpc) is 3.27. The Labute approximate surface area is 129 Å². The molecule has 3 heterocycles. The second-order valence-electron chi connectivity index (χ2n) is 5.62. The summed E-state index contributed by atoms with van der Waals surface area (Å²) in [4.78, 5) is 18.6. The minimum absolute atomic E-state index is 0.0295. The summed E-state index contributed by atoms with van der Waals surface area (Å²) in [6, 6.07) is 3.84. The third-order valence-corrected chi connectivity index (χ3v) is 4.18. The number of likely N-dealkylation sites (tertiary alicyclic amines) is 1. The third-order valence-electron chi connectivity index (χ3n) is 4.18. The molecule has 118 valence electrons. The van der Waals surface area contributed by atoms with Crippen molar-refractivity contribution in [3.05, 3.63) is 36.8 Å². The number of rotatable bonds is 6. The molecule has 1 fully saturated rings. The Bertz CT molecular complexity index is 581. The first-order valence-corrected chi connectivity index (χ1v) is 7.62. The Hall–Kier alpha value is -2.15. The van der Waals surface area contributed by atoms with Gasteiger partial charge in [0.25, 0.3) is 0 Å². The quantitative estimate of drug-likeness (QED) is 0.863. The van der Waals surface area contributed by atoms with E-state index in [0.717, 1.165) is 31.7 Å². The molecule has 0 aliphatic carbocycles. The Morgan fingerprint density at radius 1 is 1.59 bits per heavy atom. The van der Waals surface area contributed by atoms with Crippen LogP contribution in [0, 0.1) is 0 Å². The summed E-state index contributed by atoms with van der Waals surface area (Å²) in [5.41, 5.74) is 0. The number of carbonyl (C=O) groups excluding carboxylic acids is 1. The molecule has 7 nitrogen and oxygen atoms in total. The molecule has 7 heteroatoms. The standard InChI is InChI=1S/C15H21N5O2/c1-12(15(21)17-8-14-5-3-7-22-14)20-6-2-4-13(20)9-19-11-16-10-18-19/h3,5,7,10-13H,2,4,6,8-9H2,1H3,(H,17,21). The number of nitrogens with one attached hydrogen (secondary N) is 1. The highest BCUT2D eigenvalue weighted by Crippen LogP contribution is 2.21. The van der Waals surface area contributed by atoms with Gasteiger partial charge in [-0.2, -0.15) is 5.10 Å². The molecule has 0 aromatic carbocycles. The van der Waals surface area contributed by atoms with Gasteiger partial charge in [0, 0.05) is 6.04 Å². The molecule has 0 bridgehead atoms. The van der Waals surface area contributed by atoms with Crippen LogP contribution in [0.1, 0.15) is 25.5 Å². The van der Waals surface area contributed by atoms with Gasteiger partial charge in [0.1, 0.15) is 18.4 Å². The van der Waals surface area contributed by atoms with Gasteiger partial charge < -0.3 is 9.73 Å². The van der Waals surface area contributed by atoms with E-state index < -0.39 is 0 Å². The first-order chi connectivity index (χ1) is 10.7. The van der Waals surface area contributed by atoms with Crippen LogP contribution in [0.3, 0.4) is 0 Å². The van der Waals surface area contributed by atoms with E-state index >= 15 is 0 Å². The Balaban J connectivity index is 1.55. The molecule has 2 unspecified atom stereocenters. The van der Waals surface area contributed by atoms with E-state index in [4.69, 9.17) is 4.42 Å². The average molecular weight is 303 g/mol. The second-order valence-corrected chi connectivity index (χ2v) is 5.62. The van der Waals surface area contributed by atoms with Gasteiger partial charge in [-0.3, -0.25) is 14.4 Å². The first-order valence-electron chi connectivity index (χ1n) is 7.62. The van der Waals surface area contributed by atoms with Crippen molar-refractivity contribution in [1.29, 1.82) is 0 Å². The third kappa shape index (κ3) is 3.36. The van der Waals surface area contributed by atoms with E-state index in [1.54, 1.807) is 18.9 Å². The molecule has 0 spiro atoms. The van der Waals surface area contributed by atoms with Crippen LogP contribution in [0.2, 0.25) is 0 Å². The van der Waals surface area contributed by atoms with Crippen LogP contribution < -0.4 is 5.32 Å². The van der Waals surface area contributed by atoms with Crippen LogP contribution in [0.25, 0.3) is 0 Å². The van der Waals surface area contributed by atoms with Crippen LogP contribution in [-0.2, 0) is 17.9 Å². The number of amides is 1. The number of carbonyl (C=O) groups is 1. The Morgan fingerprint density at radius 2 is 2.50 bits per heavy atom. The first kappa shape index (κ1) is 14.8. The number of hydrogen-bond donors (Lipinski definition) is 1. The van der Waals surface area contributed by atoms with E-state index in [1.165, 1.54) is 0 Å². The van der Waals surface area contributed by atoms with Crippen molar-refractivity contribution in [2.24, 2.45) is 0 Å². The lowest BCUT2D eigenvalue weighted by Gasteiger charge is -2.29. The summed E-state index contributed by atoms with van der Waals surface area (Å²) in [6.45, 7) is 4.10. The maximum atomic E-state index is 12.3. The fourth-order valence-corrected chi connectivity index (χ4v) is 2.99. The zero-order chi connectivity index (χ0) is 15.4. The highest BCUT2D eigenvalue weighted by molar-refractivity contribution is 5.81. The van der Waals surface area contributed by atoms with Gasteiger partial charge in [0.2, 0.25) is 5.91 Å². The van der Waals surface area contributed by atoms with E-state index in [1.807, 2.05) is 23.7 Å². The summed E-state index contributed by atoms with van der Waals surface area (Å²) in [6.07, 6.45) is 7.06. The smallest absolute Gasteiger partial charge is 0.237 e. The predicted octanol–water partition coefficient (Wildman–Crippen LogP) is 1.04. The van der Waals surface area contributed by atoms with Gasteiger partial charge >= 0.3 is 0 Å². The maximum Gasteiger partial charge on any atom is 0.237 e. The molecule has 1 saturated heterocycles. The summed E-state index contributed by atoms with van der Waals surface area (Å²) < 4.78 is 7.06. The lowest BCUT2D eigenvalue weighted by atomic mass is 10.2. The molecule has 1 N–H and O–H groups in total.